The predicted molar refractivity (Wildman–Crippen MR) is 177 cm³/mol. The van der Waals surface area contributed by atoms with Gasteiger partial charge in [0.1, 0.15) is 30.0 Å². The number of imidazole rings is 1. The first kappa shape index (κ1) is 32.8. The zero-order valence-electron chi connectivity index (χ0n) is 28.1. The molecule has 41 heavy (non-hydrogen) atoms. The van der Waals surface area contributed by atoms with Gasteiger partial charge in [0.2, 0.25) is 0 Å². The maximum Gasteiger partial charge on any atom is 0.192 e. The normalized spacial score (nSPS) is 24.4. The third kappa shape index (κ3) is 6.55. The lowest BCUT2D eigenvalue weighted by atomic mass is 10.2. The molecular weight excluding hydrogens is 563 g/mol. The summed E-state index contributed by atoms with van der Waals surface area (Å²) in [6, 6.07) is 2.55. The van der Waals surface area contributed by atoms with Crippen LogP contribution in [0.1, 0.15) is 87.8 Å². The van der Waals surface area contributed by atoms with Gasteiger partial charge >= 0.3 is 0 Å². The van der Waals surface area contributed by atoms with Crippen molar-refractivity contribution in [3.63, 3.8) is 0 Å². The van der Waals surface area contributed by atoms with Crippen molar-refractivity contribution in [2.45, 2.75) is 153 Å². The first-order valence-corrected chi connectivity index (χ1v) is 23.8. The molecule has 2 aromatic rings. The Balaban J connectivity index is 1.63. The van der Waals surface area contributed by atoms with E-state index >= 15 is 0 Å². The minimum atomic E-state index is -2.03. The highest BCUT2D eigenvalue weighted by molar-refractivity contribution is 6.86. The number of hydrogen-bond donors (Lipinski definition) is 1. The van der Waals surface area contributed by atoms with Crippen molar-refractivity contribution in [3.8, 4) is 0 Å². The van der Waals surface area contributed by atoms with E-state index in [1.54, 1.807) is 6.33 Å². The highest BCUT2D eigenvalue weighted by Crippen LogP contribution is 2.48. The molecule has 3 atom stereocenters. The van der Waals surface area contributed by atoms with Crippen molar-refractivity contribution in [3.05, 3.63) is 12.7 Å². The zero-order valence-corrected chi connectivity index (χ0v) is 31.1. The summed E-state index contributed by atoms with van der Waals surface area (Å²) < 4.78 is 22.6. The van der Waals surface area contributed by atoms with Crippen LogP contribution in [0, 0.1) is 0 Å². The average molecular weight is 620 g/mol. The van der Waals surface area contributed by atoms with Gasteiger partial charge in [-0.1, -0.05) is 75.2 Å². The van der Waals surface area contributed by atoms with E-state index in [0.29, 0.717) is 6.61 Å². The van der Waals surface area contributed by atoms with Gasteiger partial charge in [0.05, 0.1) is 19.0 Å². The minimum absolute atomic E-state index is 0.0439. The quantitative estimate of drug-likeness (QED) is 0.297. The van der Waals surface area contributed by atoms with E-state index < -0.39 is 24.9 Å². The molecule has 1 N–H and O–H groups in total. The summed E-state index contributed by atoms with van der Waals surface area (Å²) in [5, 5.41) is 0.483. The van der Waals surface area contributed by atoms with Crippen molar-refractivity contribution in [2.75, 3.05) is 11.6 Å². The molecule has 4 heterocycles. The van der Waals surface area contributed by atoms with Crippen molar-refractivity contribution in [1.29, 1.82) is 0 Å². The van der Waals surface area contributed by atoms with E-state index in [-0.39, 0.29) is 33.6 Å². The van der Waals surface area contributed by atoms with Crippen LogP contribution in [0.2, 0.25) is 53.4 Å². The summed E-state index contributed by atoms with van der Waals surface area (Å²) >= 11 is 0. The summed E-state index contributed by atoms with van der Waals surface area (Å²) in [7, 11) is -5.75. The molecular formula is C30H57N5O3Si3. The third-order valence-electron chi connectivity index (χ3n) is 10.8. The van der Waals surface area contributed by atoms with Crippen LogP contribution in [0.15, 0.2) is 12.7 Å². The van der Waals surface area contributed by atoms with Gasteiger partial charge < -0.3 is 18.6 Å². The Morgan fingerprint density at radius 3 is 2.10 bits per heavy atom. The van der Waals surface area contributed by atoms with Crippen LogP contribution in [-0.4, -0.2) is 63.2 Å². The first-order chi connectivity index (χ1) is 18.7. The highest BCUT2D eigenvalue weighted by atomic mass is 28.4. The van der Waals surface area contributed by atoms with E-state index in [0.717, 1.165) is 23.4 Å². The summed E-state index contributed by atoms with van der Waals surface area (Å²) in [4.78, 5) is 18.3. The molecule has 2 aliphatic heterocycles. The fraction of sp³-hybridized carbons (Fsp3) is 0.833. The van der Waals surface area contributed by atoms with Gasteiger partial charge in [-0.3, -0.25) is 4.57 Å². The summed E-state index contributed by atoms with van der Waals surface area (Å²) in [6.07, 6.45) is 6.50. The molecule has 11 heteroatoms. The summed E-state index contributed by atoms with van der Waals surface area (Å²) in [6.45, 7) is 30.7. The standard InChI is InChI=1S/C30H57N5O3Si3/c1-28(2,3)39(10,11)36-19-23-22(38-40(12,13)29(4,5)6)18-24(37-23)35-21-33-25-26(31-20-32-27(25)35)34-41(30(7,8)9)16-14-15-17-41/h20-24H,14-19H2,1-13H3,(H,31,32,34)/t22?,23-,24-/m0/s1. The number of anilines is 1. The largest absolute Gasteiger partial charge is 0.414 e. The molecule has 2 saturated heterocycles. The lowest BCUT2D eigenvalue weighted by molar-refractivity contribution is -0.0383. The van der Waals surface area contributed by atoms with E-state index in [9.17, 15) is 0 Å². The number of aromatic nitrogens is 4. The van der Waals surface area contributed by atoms with Crippen molar-refractivity contribution in [2.24, 2.45) is 0 Å². The number of nitrogens with zero attached hydrogens (tertiary/aromatic N) is 4. The van der Waals surface area contributed by atoms with Crippen molar-refractivity contribution in [1.82, 2.24) is 19.5 Å². The lowest BCUT2D eigenvalue weighted by Crippen LogP contribution is -2.49. The number of hydrogen-bond acceptors (Lipinski definition) is 7. The smallest absolute Gasteiger partial charge is 0.192 e. The Labute approximate surface area is 252 Å². The Morgan fingerprint density at radius 2 is 1.54 bits per heavy atom. The van der Waals surface area contributed by atoms with Crippen molar-refractivity contribution >= 4 is 41.9 Å². The van der Waals surface area contributed by atoms with Crippen LogP contribution in [0.4, 0.5) is 5.82 Å². The van der Waals surface area contributed by atoms with Crippen LogP contribution in [0.5, 0.6) is 0 Å². The topological polar surface area (TPSA) is 83.3 Å². The monoisotopic (exact) mass is 619 g/mol. The van der Waals surface area contributed by atoms with Crippen LogP contribution in [-0.2, 0) is 13.6 Å². The average Bonchev–Trinajstić information content (AvgIpc) is 3.55. The van der Waals surface area contributed by atoms with E-state index in [1.165, 1.54) is 24.9 Å². The lowest BCUT2D eigenvalue weighted by Gasteiger charge is -2.40. The molecule has 4 rings (SSSR count). The van der Waals surface area contributed by atoms with Crippen LogP contribution in [0.3, 0.4) is 0 Å². The van der Waals surface area contributed by atoms with Gasteiger partial charge in [0.15, 0.2) is 30.5 Å². The number of rotatable bonds is 8. The molecule has 0 aliphatic carbocycles. The Hall–Kier alpha value is -1.12. The van der Waals surface area contributed by atoms with E-state index in [4.69, 9.17) is 28.5 Å². The molecule has 0 saturated carbocycles. The first-order valence-electron chi connectivity index (χ1n) is 15.6. The molecule has 0 aromatic carbocycles. The van der Waals surface area contributed by atoms with Gasteiger partial charge in [-0.2, -0.15) is 0 Å². The van der Waals surface area contributed by atoms with Crippen LogP contribution < -0.4 is 4.98 Å². The second kappa shape index (κ2) is 11.1. The molecule has 1 unspecified atom stereocenters. The van der Waals surface area contributed by atoms with Crippen LogP contribution in [0.25, 0.3) is 11.2 Å². The van der Waals surface area contributed by atoms with Gasteiger partial charge in [-0.15, -0.1) is 0 Å². The molecule has 2 fully saturated rings. The Kier molecular flexibility index (Phi) is 8.88. The molecule has 2 aliphatic rings. The third-order valence-corrected chi connectivity index (χ3v) is 25.8. The fourth-order valence-corrected chi connectivity index (χ4v) is 12.7. The molecule has 0 radical (unpaired) electrons. The van der Waals surface area contributed by atoms with E-state index in [2.05, 4.69) is 98.1 Å². The predicted octanol–water partition coefficient (Wildman–Crippen LogP) is 8.48. The van der Waals surface area contributed by atoms with Gasteiger partial charge in [-0.25, -0.2) is 15.0 Å². The molecule has 232 valence electrons. The number of ether oxygens (including phenoxy) is 1. The zero-order chi connectivity index (χ0) is 30.6. The van der Waals surface area contributed by atoms with Gasteiger partial charge in [-0.05, 0) is 53.4 Å². The fourth-order valence-electron chi connectivity index (χ4n) is 5.63. The van der Waals surface area contributed by atoms with E-state index in [1.807, 2.05) is 6.33 Å². The molecule has 8 nitrogen and oxygen atoms in total. The second-order valence-corrected chi connectivity index (χ2v) is 31.0. The highest BCUT2D eigenvalue weighted by Gasteiger charge is 2.49. The maximum absolute atomic E-state index is 7.01. The van der Waals surface area contributed by atoms with Crippen molar-refractivity contribution < 1.29 is 13.6 Å². The molecule has 2 aromatic heterocycles. The summed E-state index contributed by atoms with van der Waals surface area (Å²) in [5.74, 6) is 0.877. The van der Waals surface area contributed by atoms with Crippen LogP contribution >= 0.6 is 0 Å². The van der Waals surface area contributed by atoms with Gasteiger partial charge in [0.25, 0.3) is 0 Å². The van der Waals surface area contributed by atoms with Gasteiger partial charge in [0, 0.05) is 6.42 Å². The number of nitrogens with one attached hydrogen (secondary N) is 1. The minimum Gasteiger partial charge on any atom is -0.414 e. The molecule has 0 bridgehead atoms. The summed E-state index contributed by atoms with van der Waals surface area (Å²) in [5.41, 5.74) is 1.66. The maximum atomic E-state index is 7.01. The molecule has 0 spiro atoms. The SMILES string of the molecule is CC(C)(C)[Si]1(Nc2ncnc3c2ncn3[C@@H]2CC(O[Si](C)(C)C(C)(C)C)[C@H](CO[Si](C)(C)C(C)(C)C)O2)CCCC1. The Morgan fingerprint density at radius 1 is 0.927 bits per heavy atom. The Bertz CT molecular complexity index is 1210. The molecule has 0 amide bonds. The number of fused-ring (bicyclic) bond motifs is 1. The second-order valence-electron chi connectivity index (χ2n) is 16.6.